The predicted octanol–water partition coefficient (Wildman–Crippen LogP) is 2.24. The molecule has 1 aromatic rings. The molecule has 0 radical (unpaired) electrons. The van der Waals surface area contributed by atoms with Gasteiger partial charge in [0.2, 0.25) is 0 Å². The van der Waals surface area contributed by atoms with Gasteiger partial charge in [-0.2, -0.15) is 0 Å². The fourth-order valence-corrected chi connectivity index (χ4v) is 3.22. The largest absolute Gasteiger partial charge is 0.385 e. The number of hydrogen-bond donors (Lipinski definition) is 2. The first-order chi connectivity index (χ1) is 9.65. The van der Waals surface area contributed by atoms with Crippen molar-refractivity contribution in [2.24, 2.45) is 5.92 Å². The fourth-order valence-electron chi connectivity index (χ4n) is 3.22. The minimum Gasteiger partial charge on any atom is -0.385 e. The first kappa shape index (κ1) is 13.8. The molecule has 0 amide bonds. The van der Waals surface area contributed by atoms with Gasteiger partial charge in [0.15, 0.2) is 0 Å². The zero-order valence-electron chi connectivity index (χ0n) is 12.0. The summed E-state index contributed by atoms with van der Waals surface area (Å²) in [7, 11) is 0. The van der Waals surface area contributed by atoms with Crippen LogP contribution in [0.3, 0.4) is 0 Å². The van der Waals surface area contributed by atoms with Gasteiger partial charge in [-0.1, -0.05) is 13.0 Å². The van der Waals surface area contributed by atoms with Crippen LogP contribution in [0, 0.1) is 11.7 Å². The molecular formula is C16H23FN2O. The van der Waals surface area contributed by atoms with Crippen molar-refractivity contribution >= 4 is 5.69 Å². The highest BCUT2D eigenvalue weighted by Crippen LogP contribution is 2.48. The highest BCUT2D eigenvalue weighted by atomic mass is 19.1. The van der Waals surface area contributed by atoms with Crippen LogP contribution < -0.4 is 10.2 Å². The molecule has 2 N–H and O–H groups in total. The van der Waals surface area contributed by atoms with Crippen LogP contribution in [0.15, 0.2) is 18.2 Å². The molecule has 1 heterocycles. The number of aliphatic hydroxyl groups is 1. The molecule has 0 bridgehead atoms. The number of benzene rings is 1. The first-order valence-corrected chi connectivity index (χ1v) is 7.63. The number of piperazine rings is 1. The molecule has 3 nitrogen and oxygen atoms in total. The van der Waals surface area contributed by atoms with Gasteiger partial charge in [-0.15, -0.1) is 0 Å². The van der Waals surface area contributed by atoms with Crippen molar-refractivity contribution in [1.82, 2.24) is 5.32 Å². The van der Waals surface area contributed by atoms with E-state index in [-0.39, 0.29) is 5.82 Å². The number of hydrogen-bond acceptors (Lipinski definition) is 3. The van der Waals surface area contributed by atoms with Crippen LogP contribution in [0.1, 0.15) is 31.7 Å². The molecule has 1 saturated carbocycles. The van der Waals surface area contributed by atoms with E-state index in [0.717, 1.165) is 44.6 Å². The lowest BCUT2D eigenvalue weighted by Crippen LogP contribution is -2.44. The van der Waals surface area contributed by atoms with Gasteiger partial charge in [-0.25, -0.2) is 4.39 Å². The third kappa shape index (κ3) is 2.42. The van der Waals surface area contributed by atoms with Gasteiger partial charge in [0.25, 0.3) is 0 Å². The van der Waals surface area contributed by atoms with E-state index in [2.05, 4.69) is 10.2 Å². The second-order valence-electron chi connectivity index (χ2n) is 5.96. The first-order valence-electron chi connectivity index (χ1n) is 7.63. The van der Waals surface area contributed by atoms with Crippen molar-refractivity contribution in [1.29, 1.82) is 0 Å². The fraction of sp³-hybridized carbons (Fsp3) is 0.625. The number of nitrogens with one attached hydrogen (secondary N) is 1. The van der Waals surface area contributed by atoms with Crippen molar-refractivity contribution < 1.29 is 9.50 Å². The molecule has 1 aliphatic heterocycles. The Hall–Kier alpha value is -1.13. The summed E-state index contributed by atoms with van der Waals surface area (Å²) in [5.41, 5.74) is 0.727. The van der Waals surface area contributed by atoms with Gasteiger partial charge in [-0.3, -0.25) is 0 Å². The van der Waals surface area contributed by atoms with Gasteiger partial charge in [0.1, 0.15) is 5.82 Å². The minimum atomic E-state index is -0.781. The van der Waals surface area contributed by atoms with Gasteiger partial charge < -0.3 is 15.3 Å². The molecular weight excluding hydrogens is 255 g/mol. The van der Waals surface area contributed by atoms with E-state index in [1.807, 2.05) is 13.0 Å². The quantitative estimate of drug-likeness (QED) is 0.886. The minimum absolute atomic E-state index is 0.190. The normalized spacial score (nSPS) is 22.6. The maximum absolute atomic E-state index is 14.1. The molecule has 1 aromatic carbocycles. The monoisotopic (exact) mass is 278 g/mol. The Morgan fingerprint density at radius 2 is 2.05 bits per heavy atom. The predicted molar refractivity (Wildman–Crippen MR) is 78.4 cm³/mol. The molecule has 1 unspecified atom stereocenters. The van der Waals surface area contributed by atoms with Gasteiger partial charge in [0.05, 0.1) is 11.3 Å². The average Bonchev–Trinajstić information content (AvgIpc) is 3.33. The Bertz CT molecular complexity index is 483. The lowest BCUT2D eigenvalue weighted by atomic mass is 9.86. The molecule has 2 aliphatic rings. The molecule has 0 aromatic heterocycles. The highest BCUT2D eigenvalue weighted by molar-refractivity contribution is 5.52. The SMILES string of the molecule is CCC(O)(c1ccc(F)c(N2CCNCC2)c1)C1CC1. The van der Waals surface area contributed by atoms with Crippen LogP contribution in [0.2, 0.25) is 0 Å². The molecule has 20 heavy (non-hydrogen) atoms. The molecule has 1 atom stereocenters. The number of nitrogens with zero attached hydrogens (tertiary/aromatic N) is 1. The molecule has 4 heteroatoms. The van der Waals surface area contributed by atoms with Crippen molar-refractivity contribution in [3.05, 3.63) is 29.6 Å². The van der Waals surface area contributed by atoms with Crippen LogP contribution >= 0.6 is 0 Å². The van der Waals surface area contributed by atoms with E-state index in [1.165, 1.54) is 6.07 Å². The summed E-state index contributed by atoms with van der Waals surface area (Å²) in [6, 6.07) is 5.13. The van der Waals surface area contributed by atoms with E-state index in [0.29, 0.717) is 18.0 Å². The molecule has 110 valence electrons. The Kier molecular flexibility index (Phi) is 3.69. The summed E-state index contributed by atoms with van der Waals surface area (Å²) in [4.78, 5) is 2.07. The molecule has 1 saturated heterocycles. The average molecular weight is 278 g/mol. The summed E-state index contributed by atoms with van der Waals surface area (Å²) in [6.07, 6.45) is 2.83. The lowest BCUT2D eigenvalue weighted by Gasteiger charge is -2.32. The van der Waals surface area contributed by atoms with E-state index < -0.39 is 5.60 Å². The van der Waals surface area contributed by atoms with E-state index >= 15 is 0 Å². The van der Waals surface area contributed by atoms with E-state index in [9.17, 15) is 9.50 Å². The third-order valence-corrected chi connectivity index (χ3v) is 4.70. The smallest absolute Gasteiger partial charge is 0.146 e. The summed E-state index contributed by atoms with van der Waals surface area (Å²) in [5.74, 6) is 0.152. The number of halogens is 1. The lowest BCUT2D eigenvalue weighted by molar-refractivity contribution is 0.00888. The van der Waals surface area contributed by atoms with Gasteiger partial charge in [-0.05, 0) is 42.9 Å². The maximum Gasteiger partial charge on any atom is 0.146 e. The standard InChI is InChI=1S/C16H23FN2O/c1-2-16(20,12-3-4-12)13-5-6-14(17)15(11-13)19-9-7-18-8-10-19/h5-6,11-12,18,20H,2-4,7-10H2,1H3. The van der Waals surface area contributed by atoms with Crippen LogP contribution in [-0.4, -0.2) is 31.3 Å². The Morgan fingerprint density at radius 1 is 1.35 bits per heavy atom. The molecule has 1 aliphatic carbocycles. The van der Waals surface area contributed by atoms with Crippen molar-refractivity contribution in [3.8, 4) is 0 Å². The van der Waals surface area contributed by atoms with Crippen LogP contribution in [0.25, 0.3) is 0 Å². The molecule has 3 rings (SSSR count). The van der Waals surface area contributed by atoms with Gasteiger partial charge >= 0.3 is 0 Å². The second-order valence-corrected chi connectivity index (χ2v) is 5.96. The third-order valence-electron chi connectivity index (χ3n) is 4.70. The van der Waals surface area contributed by atoms with Crippen molar-refractivity contribution in [3.63, 3.8) is 0 Å². The van der Waals surface area contributed by atoms with Crippen LogP contribution in [0.5, 0.6) is 0 Å². The van der Waals surface area contributed by atoms with Crippen molar-refractivity contribution in [2.45, 2.75) is 31.8 Å². The highest BCUT2D eigenvalue weighted by Gasteiger charge is 2.43. The molecule has 2 fully saturated rings. The van der Waals surface area contributed by atoms with E-state index in [1.54, 1.807) is 6.07 Å². The zero-order chi connectivity index (χ0) is 14.2. The van der Waals surface area contributed by atoms with Crippen LogP contribution in [-0.2, 0) is 5.60 Å². The summed E-state index contributed by atoms with van der Waals surface area (Å²) in [5, 5.41) is 14.2. The van der Waals surface area contributed by atoms with Crippen LogP contribution in [0.4, 0.5) is 10.1 Å². The summed E-state index contributed by atoms with van der Waals surface area (Å²) in [6.45, 7) is 5.39. The topological polar surface area (TPSA) is 35.5 Å². The second kappa shape index (κ2) is 5.34. The zero-order valence-corrected chi connectivity index (χ0v) is 12.0. The van der Waals surface area contributed by atoms with Crippen molar-refractivity contribution in [2.75, 3.05) is 31.1 Å². The number of anilines is 1. The van der Waals surface area contributed by atoms with Gasteiger partial charge in [0, 0.05) is 26.2 Å². The Labute approximate surface area is 119 Å². The maximum atomic E-state index is 14.1. The van der Waals surface area contributed by atoms with E-state index in [4.69, 9.17) is 0 Å². The Morgan fingerprint density at radius 3 is 2.65 bits per heavy atom. The molecule has 0 spiro atoms. The Balaban J connectivity index is 1.93. The summed E-state index contributed by atoms with van der Waals surface area (Å²) >= 11 is 0. The number of rotatable bonds is 4. The summed E-state index contributed by atoms with van der Waals surface area (Å²) < 4.78 is 14.1.